The van der Waals surface area contributed by atoms with E-state index in [2.05, 4.69) is 25.7 Å². The van der Waals surface area contributed by atoms with Crippen molar-refractivity contribution < 1.29 is 0 Å². The van der Waals surface area contributed by atoms with Gasteiger partial charge in [-0.2, -0.15) is 0 Å². The number of nitrogens with zero attached hydrogens (tertiary/aromatic N) is 1. The van der Waals surface area contributed by atoms with Crippen molar-refractivity contribution in [2.24, 2.45) is 11.7 Å². The first kappa shape index (κ1) is 14.0. The molecule has 1 saturated heterocycles. The molecule has 1 fully saturated rings. The van der Waals surface area contributed by atoms with Crippen molar-refractivity contribution in [3.05, 3.63) is 0 Å². The summed E-state index contributed by atoms with van der Waals surface area (Å²) in [6.07, 6.45) is 8.08. The number of rotatable bonds is 6. The third kappa shape index (κ3) is 4.42. The molecule has 0 saturated carbocycles. The van der Waals surface area contributed by atoms with Gasteiger partial charge >= 0.3 is 0 Å². The highest BCUT2D eigenvalue weighted by Crippen LogP contribution is 2.19. The lowest BCUT2D eigenvalue weighted by Gasteiger charge is -2.38. The van der Waals surface area contributed by atoms with Crippen molar-refractivity contribution in [3.8, 4) is 0 Å². The molecule has 2 heteroatoms. The van der Waals surface area contributed by atoms with Gasteiger partial charge in [0.15, 0.2) is 0 Å². The second-order valence-electron chi connectivity index (χ2n) is 5.62. The van der Waals surface area contributed by atoms with Gasteiger partial charge in [0.05, 0.1) is 0 Å². The summed E-state index contributed by atoms with van der Waals surface area (Å²) in [5.41, 5.74) is 6.05. The zero-order valence-electron chi connectivity index (χ0n) is 11.4. The molecular formula is C14H30N2. The fourth-order valence-corrected chi connectivity index (χ4v) is 2.65. The number of likely N-dealkylation sites (tertiary alicyclic amines) is 1. The van der Waals surface area contributed by atoms with Crippen LogP contribution in [0.15, 0.2) is 0 Å². The van der Waals surface area contributed by atoms with Crippen molar-refractivity contribution in [3.63, 3.8) is 0 Å². The van der Waals surface area contributed by atoms with Crippen LogP contribution in [0.5, 0.6) is 0 Å². The highest BCUT2D eigenvalue weighted by molar-refractivity contribution is 4.82. The minimum atomic E-state index is 0.434. The number of nitrogens with two attached hydrogens (primary N) is 1. The lowest BCUT2D eigenvalue weighted by molar-refractivity contribution is 0.117. The zero-order chi connectivity index (χ0) is 12.0. The van der Waals surface area contributed by atoms with Crippen molar-refractivity contribution in [1.29, 1.82) is 0 Å². The van der Waals surface area contributed by atoms with Gasteiger partial charge in [0.25, 0.3) is 0 Å². The monoisotopic (exact) mass is 226 g/mol. The van der Waals surface area contributed by atoms with Crippen molar-refractivity contribution in [2.45, 2.75) is 71.4 Å². The lowest BCUT2D eigenvalue weighted by atomic mass is 9.93. The van der Waals surface area contributed by atoms with E-state index in [0.29, 0.717) is 12.0 Å². The van der Waals surface area contributed by atoms with Crippen LogP contribution in [0.1, 0.15) is 59.3 Å². The van der Waals surface area contributed by atoms with E-state index >= 15 is 0 Å². The van der Waals surface area contributed by atoms with E-state index in [-0.39, 0.29) is 0 Å². The molecule has 96 valence electrons. The second kappa shape index (κ2) is 7.29. The summed E-state index contributed by atoms with van der Waals surface area (Å²) in [6, 6.07) is 1.19. The van der Waals surface area contributed by atoms with Crippen LogP contribution in [-0.4, -0.2) is 30.1 Å². The van der Waals surface area contributed by atoms with Gasteiger partial charge in [-0.15, -0.1) is 0 Å². The molecule has 1 heterocycles. The average molecular weight is 226 g/mol. The molecule has 1 rings (SSSR count). The van der Waals surface area contributed by atoms with E-state index in [0.717, 1.165) is 6.04 Å². The van der Waals surface area contributed by atoms with E-state index < -0.39 is 0 Å². The molecule has 1 aliphatic rings. The largest absolute Gasteiger partial charge is 0.327 e. The third-order valence-corrected chi connectivity index (χ3v) is 4.10. The summed E-state index contributed by atoms with van der Waals surface area (Å²) in [5, 5.41) is 0. The summed E-state index contributed by atoms with van der Waals surface area (Å²) in [7, 11) is 0. The van der Waals surface area contributed by atoms with Gasteiger partial charge in [-0.05, 0) is 32.2 Å². The first-order valence-electron chi connectivity index (χ1n) is 7.14. The molecular weight excluding hydrogens is 196 g/mol. The Kier molecular flexibility index (Phi) is 6.37. The molecule has 16 heavy (non-hydrogen) atoms. The summed E-state index contributed by atoms with van der Waals surface area (Å²) in [4.78, 5) is 2.64. The Morgan fingerprint density at radius 3 is 2.69 bits per heavy atom. The maximum absolute atomic E-state index is 6.05. The fraction of sp³-hybridized carbons (Fsp3) is 1.00. The minimum Gasteiger partial charge on any atom is -0.327 e. The van der Waals surface area contributed by atoms with Gasteiger partial charge in [-0.25, -0.2) is 0 Å². The van der Waals surface area contributed by atoms with Crippen molar-refractivity contribution >= 4 is 0 Å². The van der Waals surface area contributed by atoms with Crippen LogP contribution < -0.4 is 5.73 Å². The highest BCUT2D eigenvalue weighted by atomic mass is 15.2. The molecule has 3 atom stereocenters. The van der Waals surface area contributed by atoms with E-state index in [1.54, 1.807) is 0 Å². The predicted octanol–water partition coefficient (Wildman–Crippen LogP) is 3.01. The molecule has 0 radical (unpaired) electrons. The van der Waals surface area contributed by atoms with Gasteiger partial charge in [-0.1, -0.05) is 39.5 Å². The summed E-state index contributed by atoms with van der Waals surface area (Å²) in [5.74, 6) is 0.673. The smallest absolute Gasteiger partial charge is 0.00889 e. The van der Waals surface area contributed by atoms with Crippen LogP contribution in [0.3, 0.4) is 0 Å². The molecule has 1 aliphatic heterocycles. The Labute approximate surface area is 102 Å². The Hall–Kier alpha value is -0.0800. The third-order valence-electron chi connectivity index (χ3n) is 4.10. The molecule has 0 bridgehead atoms. The molecule has 0 amide bonds. The van der Waals surface area contributed by atoms with E-state index in [1.807, 2.05) is 0 Å². The molecule has 0 aromatic carbocycles. The number of hydrogen-bond donors (Lipinski definition) is 1. The highest BCUT2D eigenvalue weighted by Gasteiger charge is 2.25. The van der Waals surface area contributed by atoms with Crippen LogP contribution >= 0.6 is 0 Å². The normalized spacial score (nSPS) is 29.2. The number of unbranched alkanes of at least 4 members (excludes halogenated alkanes) is 3. The van der Waals surface area contributed by atoms with Gasteiger partial charge in [-0.3, -0.25) is 0 Å². The molecule has 0 aromatic rings. The maximum Gasteiger partial charge on any atom is 0.00889 e. The van der Waals surface area contributed by atoms with Crippen molar-refractivity contribution in [1.82, 2.24) is 4.90 Å². The molecule has 2 N–H and O–H groups in total. The Bertz CT molecular complexity index is 182. The quantitative estimate of drug-likeness (QED) is 0.705. The first-order valence-corrected chi connectivity index (χ1v) is 7.14. The zero-order valence-corrected chi connectivity index (χ0v) is 11.4. The Balaban J connectivity index is 2.18. The summed E-state index contributed by atoms with van der Waals surface area (Å²) >= 11 is 0. The van der Waals surface area contributed by atoms with Crippen LogP contribution in [-0.2, 0) is 0 Å². The van der Waals surface area contributed by atoms with Crippen LogP contribution in [0, 0.1) is 5.92 Å². The maximum atomic E-state index is 6.05. The molecule has 2 nitrogen and oxygen atoms in total. The van der Waals surface area contributed by atoms with Gasteiger partial charge in [0.1, 0.15) is 0 Å². The van der Waals surface area contributed by atoms with Gasteiger partial charge in [0, 0.05) is 18.6 Å². The average Bonchev–Trinajstić information content (AvgIpc) is 2.28. The van der Waals surface area contributed by atoms with Crippen molar-refractivity contribution in [2.75, 3.05) is 13.1 Å². The van der Waals surface area contributed by atoms with E-state index in [1.165, 1.54) is 51.6 Å². The second-order valence-corrected chi connectivity index (χ2v) is 5.62. The lowest BCUT2D eigenvalue weighted by Crippen LogP contribution is -2.48. The van der Waals surface area contributed by atoms with Crippen LogP contribution in [0.2, 0.25) is 0 Å². The minimum absolute atomic E-state index is 0.434. The first-order chi connectivity index (χ1) is 7.65. The predicted molar refractivity (Wildman–Crippen MR) is 71.6 cm³/mol. The Morgan fingerprint density at radius 2 is 2.06 bits per heavy atom. The van der Waals surface area contributed by atoms with Crippen LogP contribution in [0.4, 0.5) is 0 Å². The standard InChI is InChI=1S/C14H30N2/c1-4-5-6-7-8-13(3)16-10-9-14(15)12(2)11-16/h12-14H,4-11,15H2,1-3H3. The Morgan fingerprint density at radius 1 is 1.31 bits per heavy atom. The SMILES string of the molecule is CCCCCCC(C)N1CCC(N)C(C)C1. The van der Waals surface area contributed by atoms with Crippen LogP contribution in [0.25, 0.3) is 0 Å². The summed E-state index contributed by atoms with van der Waals surface area (Å²) < 4.78 is 0. The van der Waals surface area contributed by atoms with Gasteiger partial charge in [0.2, 0.25) is 0 Å². The van der Waals surface area contributed by atoms with Gasteiger partial charge < -0.3 is 10.6 Å². The van der Waals surface area contributed by atoms with E-state index in [4.69, 9.17) is 5.73 Å². The molecule has 3 unspecified atom stereocenters. The fourth-order valence-electron chi connectivity index (χ4n) is 2.65. The molecule has 0 aromatic heterocycles. The number of piperidine rings is 1. The molecule has 0 spiro atoms. The molecule has 0 aliphatic carbocycles. The topological polar surface area (TPSA) is 29.3 Å². The number of hydrogen-bond acceptors (Lipinski definition) is 2. The summed E-state index contributed by atoms with van der Waals surface area (Å²) in [6.45, 7) is 9.36. The van der Waals surface area contributed by atoms with E-state index in [9.17, 15) is 0 Å².